The largest absolute Gasteiger partial charge is 0.465 e. The molecule has 0 spiro atoms. The molecule has 6 heteroatoms. The topological polar surface area (TPSA) is 121 Å². The first kappa shape index (κ1) is 14.5. The van der Waals surface area contributed by atoms with Gasteiger partial charge in [0, 0.05) is 10.4 Å². The number of benzene rings is 1. The molecule has 20 heavy (non-hydrogen) atoms. The highest BCUT2D eigenvalue weighted by molar-refractivity contribution is 5.92. The van der Waals surface area contributed by atoms with Crippen LogP contribution >= 0.6 is 0 Å². The molecule has 0 aliphatic heterocycles. The van der Waals surface area contributed by atoms with Gasteiger partial charge in [0.2, 0.25) is 0 Å². The number of ether oxygens (including phenoxy) is 1. The van der Waals surface area contributed by atoms with Crippen molar-refractivity contribution in [2.75, 3.05) is 7.11 Å². The molecule has 0 atom stereocenters. The summed E-state index contributed by atoms with van der Waals surface area (Å²) >= 11 is 0. The second kappa shape index (κ2) is 6.36. The quantitative estimate of drug-likeness (QED) is 0.649. The van der Waals surface area contributed by atoms with Crippen LogP contribution < -0.4 is 10.4 Å². The minimum absolute atomic E-state index is 0.0499. The maximum atomic E-state index is 11.7. The van der Waals surface area contributed by atoms with Gasteiger partial charge in [-0.15, -0.1) is 0 Å². The normalized spacial score (nSPS) is 8.25. The van der Waals surface area contributed by atoms with Crippen molar-refractivity contribution < 1.29 is 9.53 Å². The van der Waals surface area contributed by atoms with Crippen molar-refractivity contribution in [2.45, 2.75) is 0 Å². The molecule has 0 N–H and O–H groups in total. The predicted octanol–water partition coefficient (Wildman–Crippen LogP) is -0.131. The zero-order chi connectivity index (χ0) is 15.1. The molecule has 0 saturated carbocycles. The van der Waals surface area contributed by atoms with Gasteiger partial charge < -0.3 is 4.74 Å². The summed E-state index contributed by atoms with van der Waals surface area (Å²) in [7, 11) is 1.15. The molecule has 1 aromatic rings. The standard InChI is InChI=1S/C14H6N4O2/c1-20-14(19)13-4-9(10(5-15)6-16)2-3-12(13)11(7-17)8-18/h2-4H,1H3. The minimum atomic E-state index is -0.764. The van der Waals surface area contributed by atoms with Crippen LogP contribution in [0.25, 0.3) is 11.1 Å². The molecule has 0 bridgehead atoms. The molecule has 1 aromatic carbocycles. The van der Waals surface area contributed by atoms with E-state index in [4.69, 9.17) is 21.0 Å². The molecule has 6 nitrogen and oxygen atoms in total. The summed E-state index contributed by atoms with van der Waals surface area (Å²) in [5.74, 6) is -0.764. The smallest absolute Gasteiger partial charge is 0.338 e. The first-order valence-electron chi connectivity index (χ1n) is 5.20. The Labute approximate surface area is 114 Å². The van der Waals surface area contributed by atoms with Gasteiger partial charge in [0.1, 0.15) is 35.4 Å². The molecule has 94 valence electrons. The highest BCUT2D eigenvalue weighted by Crippen LogP contribution is 1.97. The highest BCUT2D eigenvalue weighted by Gasteiger charge is 2.11. The van der Waals surface area contributed by atoms with E-state index >= 15 is 0 Å². The number of nitrogens with zero attached hydrogens (tertiary/aromatic N) is 4. The van der Waals surface area contributed by atoms with E-state index < -0.39 is 5.97 Å². The minimum Gasteiger partial charge on any atom is -0.465 e. The van der Waals surface area contributed by atoms with Gasteiger partial charge in [0.05, 0.1) is 12.7 Å². The molecule has 0 amide bonds. The van der Waals surface area contributed by atoms with Crippen molar-refractivity contribution in [1.29, 1.82) is 21.0 Å². The number of carbonyl (C=O) groups is 1. The van der Waals surface area contributed by atoms with Crippen molar-refractivity contribution >= 4 is 17.1 Å². The Morgan fingerprint density at radius 2 is 1.55 bits per heavy atom. The summed E-state index contributed by atoms with van der Waals surface area (Å²) in [6.45, 7) is 0. The lowest BCUT2D eigenvalue weighted by molar-refractivity contribution is 0.0599. The summed E-state index contributed by atoms with van der Waals surface area (Å²) in [5, 5.41) is 35.6. The zero-order valence-corrected chi connectivity index (χ0v) is 10.3. The van der Waals surface area contributed by atoms with E-state index in [-0.39, 0.29) is 27.1 Å². The Bertz CT molecular complexity index is 823. The van der Waals surface area contributed by atoms with Gasteiger partial charge in [-0.1, -0.05) is 12.1 Å². The van der Waals surface area contributed by atoms with Gasteiger partial charge in [-0.25, -0.2) is 4.79 Å². The fraction of sp³-hybridized carbons (Fsp3) is 0.0714. The summed E-state index contributed by atoms with van der Waals surface area (Å²) in [6, 6.07) is 10.7. The van der Waals surface area contributed by atoms with E-state index in [1.165, 1.54) is 18.2 Å². The van der Waals surface area contributed by atoms with E-state index in [0.717, 1.165) is 7.11 Å². The second-order valence-electron chi connectivity index (χ2n) is 3.45. The van der Waals surface area contributed by atoms with E-state index in [1.54, 1.807) is 24.3 Å². The fourth-order valence-electron chi connectivity index (χ4n) is 1.50. The van der Waals surface area contributed by atoms with Crippen molar-refractivity contribution in [2.24, 2.45) is 0 Å². The Morgan fingerprint density at radius 3 is 2.00 bits per heavy atom. The summed E-state index contributed by atoms with van der Waals surface area (Å²) < 4.78 is 4.57. The molecule has 0 aliphatic carbocycles. The van der Waals surface area contributed by atoms with E-state index in [1.807, 2.05) is 0 Å². The molecule has 0 heterocycles. The Balaban J connectivity index is 3.96. The number of esters is 1. The molecule has 0 aliphatic rings. The van der Waals surface area contributed by atoms with Gasteiger partial charge in [-0.05, 0) is 6.07 Å². The van der Waals surface area contributed by atoms with Gasteiger partial charge in [0.15, 0.2) is 0 Å². The molecule has 1 rings (SSSR count). The van der Waals surface area contributed by atoms with Crippen molar-refractivity contribution in [1.82, 2.24) is 0 Å². The number of methoxy groups -OCH3 is 1. The third-order valence-electron chi connectivity index (χ3n) is 2.43. The summed E-state index contributed by atoms with van der Waals surface area (Å²) in [5.41, 5.74) is -0.490. The third-order valence-corrected chi connectivity index (χ3v) is 2.43. The molecular formula is C14H6N4O2. The molecule has 0 radical (unpaired) electrons. The van der Waals surface area contributed by atoms with Crippen molar-refractivity contribution in [3.05, 3.63) is 34.2 Å². The van der Waals surface area contributed by atoms with E-state index in [9.17, 15) is 4.79 Å². The van der Waals surface area contributed by atoms with Crippen molar-refractivity contribution in [3.63, 3.8) is 0 Å². The van der Waals surface area contributed by atoms with Crippen LogP contribution in [0.1, 0.15) is 10.4 Å². The maximum Gasteiger partial charge on any atom is 0.338 e. The monoisotopic (exact) mass is 262 g/mol. The van der Waals surface area contributed by atoms with Crippen LogP contribution in [-0.4, -0.2) is 13.1 Å². The zero-order valence-electron chi connectivity index (χ0n) is 10.3. The summed E-state index contributed by atoms with van der Waals surface area (Å²) in [6.07, 6.45) is 0. The first-order chi connectivity index (χ1) is 9.62. The maximum absolute atomic E-state index is 11.7. The number of hydrogen-bond acceptors (Lipinski definition) is 6. The average molecular weight is 262 g/mol. The molecule has 0 saturated heterocycles. The van der Waals surface area contributed by atoms with Crippen LogP contribution in [-0.2, 0) is 4.74 Å². The van der Waals surface area contributed by atoms with Crippen LogP contribution in [0.5, 0.6) is 0 Å². The average Bonchev–Trinajstić information content (AvgIpc) is 2.49. The Hall–Kier alpha value is -3.61. The molecule has 0 unspecified atom stereocenters. The fourth-order valence-corrected chi connectivity index (χ4v) is 1.50. The van der Waals surface area contributed by atoms with Crippen LogP contribution in [0.4, 0.5) is 0 Å². The SMILES string of the molecule is COC(=O)c1cc(=C(C#N)C#N)ccc1=C(C#N)C#N. The van der Waals surface area contributed by atoms with E-state index in [2.05, 4.69) is 4.74 Å². The molecule has 0 fully saturated rings. The van der Waals surface area contributed by atoms with Crippen LogP contribution in [0.2, 0.25) is 0 Å². The van der Waals surface area contributed by atoms with E-state index in [0.29, 0.717) is 0 Å². The lowest BCUT2D eigenvalue weighted by Gasteiger charge is -2.01. The van der Waals surface area contributed by atoms with Gasteiger partial charge in [-0.2, -0.15) is 21.0 Å². The predicted molar refractivity (Wildman–Crippen MR) is 66.3 cm³/mol. The highest BCUT2D eigenvalue weighted by atomic mass is 16.5. The number of nitriles is 4. The number of carbonyl (C=O) groups excluding carboxylic acids is 1. The lowest BCUT2D eigenvalue weighted by Crippen LogP contribution is -2.23. The Morgan fingerprint density at radius 1 is 1.00 bits per heavy atom. The van der Waals surface area contributed by atoms with Crippen LogP contribution in [0, 0.1) is 45.3 Å². The van der Waals surface area contributed by atoms with Crippen molar-refractivity contribution in [3.8, 4) is 24.3 Å². The first-order valence-corrected chi connectivity index (χ1v) is 5.20. The molecule has 0 aromatic heterocycles. The van der Waals surface area contributed by atoms with Gasteiger partial charge in [-0.3, -0.25) is 0 Å². The van der Waals surface area contributed by atoms with Crippen LogP contribution in [0.15, 0.2) is 18.2 Å². The Kier molecular flexibility index (Phi) is 4.59. The second-order valence-corrected chi connectivity index (χ2v) is 3.45. The number of hydrogen-bond donors (Lipinski definition) is 0. The number of rotatable bonds is 1. The lowest BCUT2D eigenvalue weighted by atomic mass is 10.0. The molecular weight excluding hydrogens is 256 g/mol. The van der Waals surface area contributed by atoms with Gasteiger partial charge in [0.25, 0.3) is 0 Å². The van der Waals surface area contributed by atoms with Gasteiger partial charge >= 0.3 is 5.97 Å². The summed E-state index contributed by atoms with van der Waals surface area (Å²) in [4.78, 5) is 11.7. The third kappa shape index (κ3) is 2.62. The van der Waals surface area contributed by atoms with Crippen LogP contribution in [0.3, 0.4) is 0 Å².